The molecule has 0 fully saturated rings. The van der Waals surface area contributed by atoms with Gasteiger partial charge < -0.3 is 10.5 Å². The zero-order chi connectivity index (χ0) is 10.1. The van der Waals surface area contributed by atoms with E-state index in [1.54, 1.807) is 7.11 Å². The standard InChI is InChI=1S/C12H13NO/c1-8-6-9(14-2)7-11-10(8)4-3-5-12(11)13/h3-7H,13H2,1-2H3. The van der Waals surface area contributed by atoms with Crippen molar-refractivity contribution in [2.45, 2.75) is 6.92 Å². The molecule has 0 unspecified atom stereocenters. The van der Waals surface area contributed by atoms with Gasteiger partial charge in [-0.3, -0.25) is 0 Å². The molecule has 0 spiro atoms. The van der Waals surface area contributed by atoms with Gasteiger partial charge in [0, 0.05) is 11.1 Å². The number of rotatable bonds is 1. The van der Waals surface area contributed by atoms with Crippen LogP contribution in [0.15, 0.2) is 30.3 Å². The van der Waals surface area contributed by atoms with E-state index in [1.807, 2.05) is 24.3 Å². The number of nitrogen functional groups attached to an aromatic ring is 1. The maximum Gasteiger partial charge on any atom is 0.119 e. The van der Waals surface area contributed by atoms with Crippen molar-refractivity contribution >= 4 is 16.5 Å². The van der Waals surface area contributed by atoms with Crippen LogP contribution in [0, 0.1) is 6.92 Å². The van der Waals surface area contributed by atoms with Gasteiger partial charge in [-0.05, 0) is 36.1 Å². The van der Waals surface area contributed by atoms with Crippen LogP contribution in [-0.4, -0.2) is 7.11 Å². The van der Waals surface area contributed by atoms with E-state index < -0.39 is 0 Å². The number of benzene rings is 2. The first-order valence-corrected chi connectivity index (χ1v) is 4.55. The van der Waals surface area contributed by atoms with Crippen molar-refractivity contribution in [3.05, 3.63) is 35.9 Å². The van der Waals surface area contributed by atoms with Crippen molar-refractivity contribution in [3.8, 4) is 5.75 Å². The average molecular weight is 187 g/mol. The molecule has 0 aliphatic rings. The average Bonchev–Trinajstić information content (AvgIpc) is 2.19. The maximum atomic E-state index is 5.89. The van der Waals surface area contributed by atoms with Crippen LogP contribution in [0.1, 0.15) is 5.56 Å². The number of aryl methyl sites for hydroxylation is 1. The Morgan fingerprint density at radius 2 is 1.93 bits per heavy atom. The molecule has 0 heterocycles. The van der Waals surface area contributed by atoms with Gasteiger partial charge in [-0.1, -0.05) is 12.1 Å². The number of nitrogens with two attached hydrogens (primary N) is 1. The van der Waals surface area contributed by atoms with Gasteiger partial charge in [0.2, 0.25) is 0 Å². The highest BCUT2D eigenvalue weighted by molar-refractivity contribution is 5.95. The molecule has 0 saturated carbocycles. The van der Waals surface area contributed by atoms with Gasteiger partial charge in [0.15, 0.2) is 0 Å². The molecule has 2 nitrogen and oxygen atoms in total. The summed E-state index contributed by atoms with van der Waals surface area (Å²) in [7, 11) is 1.67. The third-order valence-electron chi connectivity index (χ3n) is 2.45. The predicted octanol–water partition coefficient (Wildman–Crippen LogP) is 2.74. The van der Waals surface area contributed by atoms with E-state index in [4.69, 9.17) is 10.5 Å². The van der Waals surface area contributed by atoms with Crippen LogP contribution >= 0.6 is 0 Å². The second-order valence-corrected chi connectivity index (χ2v) is 3.39. The molecule has 0 amide bonds. The summed E-state index contributed by atoms with van der Waals surface area (Å²) in [5.74, 6) is 0.855. The first-order chi connectivity index (χ1) is 6.72. The second kappa shape index (κ2) is 3.22. The van der Waals surface area contributed by atoms with E-state index in [2.05, 4.69) is 13.0 Å². The fourth-order valence-electron chi connectivity index (χ4n) is 1.68. The summed E-state index contributed by atoms with van der Waals surface area (Å²) in [6, 6.07) is 9.93. The Labute approximate surface area is 83.3 Å². The van der Waals surface area contributed by atoms with Crippen LogP contribution < -0.4 is 10.5 Å². The van der Waals surface area contributed by atoms with E-state index >= 15 is 0 Å². The second-order valence-electron chi connectivity index (χ2n) is 3.39. The lowest BCUT2D eigenvalue weighted by molar-refractivity contribution is 0.415. The Hall–Kier alpha value is -1.70. The lowest BCUT2D eigenvalue weighted by Gasteiger charge is -2.07. The Balaban J connectivity index is 2.83. The first-order valence-electron chi connectivity index (χ1n) is 4.55. The third kappa shape index (κ3) is 1.29. The van der Waals surface area contributed by atoms with Crippen LogP contribution in [-0.2, 0) is 0 Å². The van der Waals surface area contributed by atoms with E-state index in [-0.39, 0.29) is 0 Å². The number of ether oxygens (including phenoxy) is 1. The van der Waals surface area contributed by atoms with Gasteiger partial charge >= 0.3 is 0 Å². The first kappa shape index (κ1) is 8.88. The smallest absolute Gasteiger partial charge is 0.119 e. The third-order valence-corrected chi connectivity index (χ3v) is 2.45. The molecule has 0 radical (unpaired) electrons. The quantitative estimate of drug-likeness (QED) is 0.697. The van der Waals surface area contributed by atoms with Crippen LogP contribution in [0.3, 0.4) is 0 Å². The van der Waals surface area contributed by atoms with Gasteiger partial charge in [-0.2, -0.15) is 0 Å². The minimum atomic E-state index is 0.796. The van der Waals surface area contributed by atoms with Crippen molar-refractivity contribution in [1.29, 1.82) is 0 Å². The number of hydrogen-bond donors (Lipinski definition) is 1. The highest BCUT2D eigenvalue weighted by Crippen LogP contribution is 2.28. The molecular formula is C12H13NO. The van der Waals surface area contributed by atoms with Gasteiger partial charge in [0.05, 0.1) is 7.11 Å². The van der Waals surface area contributed by atoms with E-state index in [1.165, 1.54) is 10.9 Å². The summed E-state index contributed by atoms with van der Waals surface area (Å²) in [6.07, 6.45) is 0. The summed E-state index contributed by atoms with van der Waals surface area (Å²) in [6.45, 7) is 2.06. The zero-order valence-electron chi connectivity index (χ0n) is 8.37. The van der Waals surface area contributed by atoms with Crippen molar-refractivity contribution in [2.75, 3.05) is 12.8 Å². The fraction of sp³-hybridized carbons (Fsp3) is 0.167. The number of methoxy groups -OCH3 is 1. The van der Waals surface area contributed by atoms with Gasteiger partial charge in [-0.15, -0.1) is 0 Å². The monoisotopic (exact) mass is 187 g/mol. The lowest BCUT2D eigenvalue weighted by Crippen LogP contribution is -1.90. The SMILES string of the molecule is COc1cc(C)c2cccc(N)c2c1. The maximum absolute atomic E-state index is 5.89. The summed E-state index contributed by atoms with van der Waals surface area (Å²) in [5, 5.41) is 2.25. The lowest BCUT2D eigenvalue weighted by atomic mass is 10.0. The molecule has 2 rings (SSSR count). The molecule has 0 atom stereocenters. The highest BCUT2D eigenvalue weighted by atomic mass is 16.5. The van der Waals surface area contributed by atoms with Crippen molar-refractivity contribution in [1.82, 2.24) is 0 Å². The Morgan fingerprint density at radius 1 is 1.14 bits per heavy atom. The minimum Gasteiger partial charge on any atom is -0.497 e. The van der Waals surface area contributed by atoms with E-state index in [0.29, 0.717) is 0 Å². The van der Waals surface area contributed by atoms with Crippen LogP contribution in [0.4, 0.5) is 5.69 Å². The Morgan fingerprint density at radius 3 is 2.64 bits per heavy atom. The summed E-state index contributed by atoms with van der Waals surface area (Å²) < 4.78 is 5.20. The molecule has 0 bridgehead atoms. The molecule has 0 aliphatic heterocycles. The van der Waals surface area contributed by atoms with Crippen molar-refractivity contribution in [2.24, 2.45) is 0 Å². The molecule has 2 N–H and O–H groups in total. The van der Waals surface area contributed by atoms with Crippen LogP contribution in [0.25, 0.3) is 10.8 Å². The minimum absolute atomic E-state index is 0.796. The molecule has 72 valence electrons. The largest absolute Gasteiger partial charge is 0.497 e. The molecule has 14 heavy (non-hydrogen) atoms. The van der Waals surface area contributed by atoms with Crippen molar-refractivity contribution < 1.29 is 4.74 Å². The molecule has 2 heteroatoms. The Kier molecular flexibility index (Phi) is 2.04. The van der Waals surface area contributed by atoms with Gasteiger partial charge in [-0.25, -0.2) is 0 Å². The number of fused-ring (bicyclic) bond motifs is 1. The predicted molar refractivity (Wildman–Crippen MR) is 59.6 cm³/mol. The van der Waals surface area contributed by atoms with Crippen LogP contribution in [0.2, 0.25) is 0 Å². The topological polar surface area (TPSA) is 35.2 Å². The molecule has 0 aliphatic carbocycles. The van der Waals surface area contributed by atoms with Gasteiger partial charge in [0.1, 0.15) is 5.75 Å². The molecular weight excluding hydrogens is 174 g/mol. The van der Waals surface area contributed by atoms with E-state index in [0.717, 1.165) is 16.8 Å². The summed E-state index contributed by atoms with van der Waals surface area (Å²) >= 11 is 0. The fourth-order valence-corrected chi connectivity index (χ4v) is 1.68. The van der Waals surface area contributed by atoms with Crippen molar-refractivity contribution in [3.63, 3.8) is 0 Å². The van der Waals surface area contributed by atoms with Crippen LogP contribution in [0.5, 0.6) is 5.75 Å². The normalized spacial score (nSPS) is 10.4. The summed E-state index contributed by atoms with van der Waals surface area (Å²) in [5.41, 5.74) is 7.88. The molecule has 2 aromatic rings. The number of hydrogen-bond acceptors (Lipinski definition) is 2. The zero-order valence-corrected chi connectivity index (χ0v) is 8.37. The highest BCUT2D eigenvalue weighted by Gasteiger charge is 2.02. The van der Waals surface area contributed by atoms with Gasteiger partial charge in [0.25, 0.3) is 0 Å². The number of anilines is 1. The summed E-state index contributed by atoms with van der Waals surface area (Å²) in [4.78, 5) is 0. The van der Waals surface area contributed by atoms with E-state index in [9.17, 15) is 0 Å². The molecule has 0 saturated heterocycles. The molecule has 0 aromatic heterocycles. The Bertz CT molecular complexity index is 477. The molecule has 2 aromatic carbocycles.